The molecule has 3 heteroatoms. The van der Waals surface area contributed by atoms with E-state index in [2.05, 4.69) is 29.2 Å². The highest BCUT2D eigenvalue weighted by atomic mass is 32.1. The molecule has 1 unspecified atom stereocenters. The van der Waals surface area contributed by atoms with E-state index < -0.39 is 0 Å². The van der Waals surface area contributed by atoms with Crippen LogP contribution in [0.1, 0.15) is 28.5 Å². The van der Waals surface area contributed by atoms with Gasteiger partial charge < -0.3 is 4.98 Å². The van der Waals surface area contributed by atoms with Crippen molar-refractivity contribution in [3.63, 3.8) is 0 Å². The van der Waals surface area contributed by atoms with Crippen molar-refractivity contribution in [1.82, 2.24) is 4.98 Å². The Morgan fingerprint density at radius 2 is 2.06 bits per heavy atom. The second kappa shape index (κ2) is 3.91. The molecule has 1 aromatic carbocycles. The number of H-pyrrole nitrogens is 1. The lowest BCUT2D eigenvalue weighted by Gasteiger charge is -2.21. The van der Waals surface area contributed by atoms with E-state index in [1.165, 1.54) is 27.5 Å². The number of hydrogen-bond acceptors (Lipinski definition) is 2. The lowest BCUT2D eigenvalue weighted by atomic mass is 9.85. The first-order chi connectivity index (χ1) is 7.83. The minimum Gasteiger partial charge on any atom is -0.316 e. The maximum absolute atomic E-state index is 11.3. The predicted molar refractivity (Wildman–Crippen MR) is 66.1 cm³/mol. The Morgan fingerprint density at radius 1 is 1.25 bits per heavy atom. The highest BCUT2D eigenvalue weighted by Gasteiger charge is 2.22. The van der Waals surface area contributed by atoms with Gasteiger partial charge in [0.15, 0.2) is 0 Å². The average Bonchev–Trinajstić information content (AvgIpc) is 2.69. The lowest BCUT2D eigenvalue weighted by molar-refractivity contribution is 0.584. The van der Waals surface area contributed by atoms with Crippen molar-refractivity contribution in [2.75, 3.05) is 0 Å². The fourth-order valence-corrected chi connectivity index (χ4v) is 3.37. The van der Waals surface area contributed by atoms with Crippen molar-refractivity contribution in [3.05, 3.63) is 56.1 Å². The second-order valence-corrected chi connectivity index (χ2v) is 5.33. The van der Waals surface area contributed by atoms with Gasteiger partial charge in [0, 0.05) is 10.6 Å². The molecule has 1 aromatic heterocycles. The molecule has 0 fully saturated rings. The van der Waals surface area contributed by atoms with Crippen LogP contribution in [0.3, 0.4) is 0 Å². The molecule has 1 aliphatic carbocycles. The Bertz CT molecular complexity index is 541. The highest BCUT2D eigenvalue weighted by molar-refractivity contribution is 7.09. The van der Waals surface area contributed by atoms with E-state index >= 15 is 0 Å². The molecule has 0 saturated carbocycles. The number of fused-ring (bicyclic) bond motifs is 1. The molecule has 1 N–H and O–H groups in total. The Morgan fingerprint density at radius 3 is 2.88 bits per heavy atom. The zero-order valence-electron chi connectivity index (χ0n) is 8.90. The fourth-order valence-electron chi connectivity index (χ4n) is 2.41. The number of thiazole rings is 1. The summed E-state index contributed by atoms with van der Waals surface area (Å²) in [5.74, 6) is 0.583. The zero-order chi connectivity index (χ0) is 11.0. The third-order valence-electron chi connectivity index (χ3n) is 3.25. The third kappa shape index (κ3) is 1.71. The Kier molecular flexibility index (Phi) is 2.40. The first-order valence-electron chi connectivity index (χ1n) is 5.59. The van der Waals surface area contributed by atoms with Crippen LogP contribution in [0.25, 0.3) is 0 Å². The Balaban J connectivity index is 1.91. The standard InChI is InChI=1S/C13H13NOS/c15-13-14-11-7-6-10(8-12(11)16-13)9-4-2-1-3-5-9/h1-5,10H,6-8H2,(H,14,15). The van der Waals surface area contributed by atoms with Crippen LogP contribution in [0.15, 0.2) is 35.1 Å². The fraction of sp³-hybridized carbons (Fsp3) is 0.308. The molecule has 0 radical (unpaired) electrons. The van der Waals surface area contributed by atoms with E-state index in [1.807, 2.05) is 6.07 Å². The highest BCUT2D eigenvalue weighted by Crippen LogP contribution is 2.32. The number of aromatic nitrogens is 1. The van der Waals surface area contributed by atoms with Gasteiger partial charge in [-0.15, -0.1) is 0 Å². The second-order valence-electron chi connectivity index (χ2n) is 4.27. The number of aryl methyl sites for hydroxylation is 1. The molecule has 2 nitrogen and oxygen atoms in total. The molecule has 0 aliphatic heterocycles. The normalized spacial score (nSPS) is 19.4. The predicted octanol–water partition coefficient (Wildman–Crippen LogP) is 2.71. The molecule has 1 aliphatic rings. The topological polar surface area (TPSA) is 32.9 Å². The smallest absolute Gasteiger partial charge is 0.304 e. The first kappa shape index (κ1) is 9.85. The number of aromatic amines is 1. The average molecular weight is 231 g/mol. The van der Waals surface area contributed by atoms with Crippen LogP contribution in [0.2, 0.25) is 0 Å². The van der Waals surface area contributed by atoms with Crippen LogP contribution < -0.4 is 4.87 Å². The van der Waals surface area contributed by atoms with Crippen LogP contribution in [0.5, 0.6) is 0 Å². The minimum absolute atomic E-state index is 0.0960. The van der Waals surface area contributed by atoms with Crippen LogP contribution in [-0.4, -0.2) is 4.98 Å². The molecule has 1 heterocycles. The summed E-state index contributed by atoms with van der Waals surface area (Å²) in [7, 11) is 0. The van der Waals surface area contributed by atoms with Gasteiger partial charge in [0.05, 0.1) is 0 Å². The van der Waals surface area contributed by atoms with E-state index in [0.717, 1.165) is 19.3 Å². The van der Waals surface area contributed by atoms with Gasteiger partial charge >= 0.3 is 4.87 Å². The van der Waals surface area contributed by atoms with E-state index in [0.29, 0.717) is 5.92 Å². The summed E-state index contributed by atoms with van der Waals surface area (Å²) in [5.41, 5.74) is 2.57. The van der Waals surface area contributed by atoms with Gasteiger partial charge in [-0.2, -0.15) is 0 Å². The van der Waals surface area contributed by atoms with Crippen LogP contribution in [0, 0.1) is 0 Å². The molecule has 16 heavy (non-hydrogen) atoms. The summed E-state index contributed by atoms with van der Waals surface area (Å²) in [6, 6.07) is 10.6. The monoisotopic (exact) mass is 231 g/mol. The van der Waals surface area contributed by atoms with E-state index in [1.54, 1.807) is 0 Å². The Labute approximate surface area is 98.0 Å². The Hall–Kier alpha value is -1.35. The molecule has 0 amide bonds. The summed E-state index contributed by atoms with van der Waals surface area (Å²) in [6.07, 6.45) is 3.17. The van der Waals surface area contributed by atoms with E-state index in [-0.39, 0.29) is 4.87 Å². The quantitative estimate of drug-likeness (QED) is 0.804. The molecule has 3 rings (SSSR count). The van der Waals surface area contributed by atoms with E-state index in [9.17, 15) is 4.79 Å². The van der Waals surface area contributed by atoms with Crippen molar-refractivity contribution in [2.45, 2.75) is 25.2 Å². The first-order valence-corrected chi connectivity index (χ1v) is 6.40. The van der Waals surface area contributed by atoms with Gasteiger partial charge in [-0.1, -0.05) is 41.7 Å². The minimum atomic E-state index is 0.0960. The van der Waals surface area contributed by atoms with Crippen LogP contribution in [0.4, 0.5) is 0 Å². The van der Waals surface area contributed by atoms with Crippen LogP contribution in [-0.2, 0) is 12.8 Å². The number of benzene rings is 1. The van der Waals surface area contributed by atoms with Crippen LogP contribution >= 0.6 is 11.3 Å². The number of rotatable bonds is 1. The molecule has 0 spiro atoms. The maximum atomic E-state index is 11.3. The van der Waals surface area contributed by atoms with Crippen molar-refractivity contribution in [1.29, 1.82) is 0 Å². The summed E-state index contributed by atoms with van der Waals surface area (Å²) < 4.78 is 0. The van der Waals surface area contributed by atoms with Gasteiger partial charge in [-0.25, -0.2) is 0 Å². The third-order valence-corrected chi connectivity index (χ3v) is 4.20. The zero-order valence-corrected chi connectivity index (χ0v) is 9.72. The SMILES string of the molecule is O=c1[nH]c2c(s1)CC(c1ccccc1)CC2. The molecule has 0 saturated heterocycles. The summed E-state index contributed by atoms with van der Waals surface area (Å²) in [5, 5.41) is 0. The lowest BCUT2D eigenvalue weighted by Crippen LogP contribution is -2.11. The van der Waals surface area contributed by atoms with Crippen molar-refractivity contribution < 1.29 is 0 Å². The molecule has 1 atom stereocenters. The molecule has 2 aromatic rings. The summed E-state index contributed by atoms with van der Waals surface area (Å²) >= 11 is 1.38. The van der Waals surface area contributed by atoms with Gasteiger partial charge in [0.1, 0.15) is 0 Å². The molecule has 0 bridgehead atoms. The largest absolute Gasteiger partial charge is 0.316 e. The number of nitrogens with one attached hydrogen (secondary N) is 1. The van der Waals surface area contributed by atoms with E-state index in [4.69, 9.17) is 0 Å². The van der Waals surface area contributed by atoms with Gasteiger partial charge in [0.2, 0.25) is 0 Å². The van der Waals surface area contributed by atoms with Gasteiger partial charge in [0.25, 0.3) is 0 Å². The summed E-state index contributed by atoms with van der Waals surface area (Å²) in [6.45, 7) is 0. The molecule has 82 valence electrons. The molecular weight excluding hydrogens is 218 g/mol. The maximum Gasteiger partial charge on any atom is 0.304 e. The van der Waals surface area contributed by atoms with Gasteiger partial charge in [-0.05, 0) is 30.7 Å². The summed E-state index contributed by atoms with van der Waals surface area (Å²) in [4.78, 5) is 15.5. The van der Waals surface area contributed by atoms with Crippen molar-refractivity contribution in [3.8, 4) is 0 Å². The van der Waals surface area contributed by atoms with Crippen molar-refractivity contribution >= 4 is 11.3 Å². The van der Waals surface area contributed by atoms with Gasteiger partial charge in [-0.3, -0.25) is 4.79 Å². The number of hydrogen-bond donors (Lipinski definition) is 1. The molecular formula is C13H13NOS. The van der Waals surface area contributed by atoms with Crippen molar-refractivity contribution in [2.24, 2.45) is 0 Å².